The van der Waals surface area contributed by atoms with E-state index >= 15 is 0 Å². The first-order valence-electron chi connectivity index (χ1n) is 6.39. The molecule has 2 aromatic rings. The summed E-state index contributed by atoms with van der Waals surface area (Å²) in [5, 5.41) is 11.4. The second kappa shape index (κ2) is 7.38. The number of thiophene rings is 1. The lowest BCUT2D eigenvalue weighted by Crippen LogP contribution is -2.30. The van der Waals surface area contributed by atoms with Crippen LogP contribution in [0.25, 0.3) is 0 Å². The Bertz CT molecular complexity index is 671. The first-order chi connectivity index (χ1) is 10.0. The van der Waals surface area contributed by atoms with E-state index in [-0.39, 0.29) is 12.4 Å². The Balaban J connectivity index is 2.14. The van der Waals surface area contributed by atoms with Crippen LogP contribution in [0.5, 0.6) is 0 Å². The number of rotatable bonds is 7. The first-order valence-corrected chi connectivity index (χ1v) is 9.30. The lowest BCUT2D eigenvalue weighted by atomic mass is 10.2. The molecule has 0 amide bonds. The fourth-order valence-electron chi connectivity index (χ4n) is 1.96. The maximum atomic E-state index is 12.3. The molecule has 7 heteroatoms. The average molecular weight is 346 g/mol. The molecule has 2 rings (SSSR count). The van der Waals surface area contributed by atoms with Crippen LogP contribution in [-0.4, -0.2) is 20.1 Å². The summed E-state index contributed by atoms with van der Waals surface area (Å²) in [4.78, 5) is 0.881. The number of sulfonamides is 1. The molecule has 0 aliphatic rings. The highest BCUT2D eigenvalue weighted by Gasteiger charge is 2.21. The van der Waals surface area contributed by atoms with Gasteiger partial charge in [0.15, 0.2) is 0 Å². The van der Waals surface area contributed by atoms with E-state index in [0.29, 0.717) is 17.0 Å². The summed E-state index contributed by atoms with van der Waals surface area (Å²) in [6.07, 6.45) is 0.336. The molecule has 1 heterocycles. The smallest absolute Gasteiger partial charge is 0.216 e. The minimum atomic E-state index is -3.54. The van der Waals surface area contributed by atoms with Gasteiger partial charge in [0.05, 0.1) is 11.8 Å². The quantitative estimate of drug-likeness (QED) is 0.810. The number of benzene rings is 1. The largest absolute Gasteiger partial charge is 0.396 e. The zero-order valence-electron chi connectivity index (χ0n) is 11.2. The molecule has 0 radical (unpaired) electrons. The fraction of sp³-hybridized carbons (Fsp3) is 0.286. The maximum Gasteiger partial charge on any atom is 0.216 e. The molecule has 0 aliphatic carbocycles. The van der Waals surface area contributed by atoms with E-state index in [1.165, 1.54) is 11.3 Å². The van der Waals surface area contributed by atoms with Crippen molar-refractivity contribution in [1.29, 1.82) is 0 Å². The van der Waals surface area contributed by atoms with Crippen LogP contribution in [0.2, 0.25) is 5.02 Å². The number of halogens is 1. The fourth-order valence-corrected chi connectivity index (χ4v) is 4.55. The topological polar surface area (TPSA) is 66.4 Å². The minimum absolute atomic E-state index is 0.0861. The standard InChI is InChI=1S/C14H16ClNO3S2/c15-12-5-2-1-4-11(12)10-21(18,19)16-13(7-8-17)14-6-3-9-20-14/h1-6,9,13,16-17H,7-8,10H2. The predicted molar refractivity (Wildman–Crippen MR) is 86.0 cm³/mol. The van der Waals surface area contributed by atoms with Gasteiger partial charge in [0.2, 0.25) is 10.0 Å². The summed E-state index contributed by atoms with van der Waals surface area (Å²) >= 11 is 7.45. The molecule has 0 aliphatic heterocycles. The highest BCUT2D eigenvalue weighted by Crippen LogP contribution is 2.24. The molecule has 0 fully saturated rings. The highest BCUT2D eigenvalue weighted by molar-refractivity contribution is 7.88. The van der Waals surface area contributed by atoms with E-state index < -0.39 is 16.1 Å². The second-order valence-electron chi connectivity index (χ2n) is 4.55. The van der Waals surface area contributed by atoms with E-state index in [0.717, 1.165) is 4.88 Å². The van der Waals surface area contributed by atoms with Crippen molar-refractivity contribution in [1.82, 2.24) is 4.72 Å². The van der Waals surface area contributed by atoms with Gasteiger partial charge in [-0.2, -0.15) is 0 Å². The summed E-state index contributed by atoms with van der Waals surface area (Å²) in [6, 6.07) is 10.1. The summed E-state index contributed by atoms with van der Waals surface area (Å²) in [6.45, 7) is -0.0861. The van der Waals surface area contributed by atoms with Crippen molar-refractivity contribution >= 4 is 33.0 Å². The molecule has 2 N–H and O–H groups in total. The molecule has 1 atom stereocenters. The summed E-state index contributed by atoms with van der Waals surface area (Å²) in [5.41, 5.74) is 0.556. The number of nitrogens with one attached hydrogen (secondary N) is 1. The van der Waals surface area contributed by atoms with Crippen LogP contribution < -0.4 is 4.72 Å². The Morgan fingerprint density at radius 3 is 2.62 bits per heavy atom. The summed E-state index contributed by atoms with van der Waals surface area (Å²) in [5.74, 6) is -0.181. The Morgan fingerprint density at radius 2 is 2.00 bits per heavy atom. The van der Waals surface area contributed by atoms with Crippen LogP contribution in [0.1, 0.15) is 22.9 Å². The monoisotopic (exact) mass is 345 g/mol. The van der Waals surface area contributed by atoms with Crippen LogP contribution >= 0.6 is 22.9 Å². The zero-order valence-corrected chi connectivity index (χ0v) is 13.6. The summed E-state index contributed by atoms with van der Waals surface area (Å²) < 4.78 is 27.2. The molecule has 114 valence electrons. The van der Waals surface area contributed by atoms with Gasteiger partial charge >= 0.3 is 0 Å². The number of hydrogen-bond acceptors (Lipinski definition) is 4. The van der Waals surface area contributed by atoms with Crippen LogP contribution in [0.3, 0.4) is 0 Å². The Morgan fingerprint density at radius 1 is 1.24 bits per heavy atom. The van der Waals surface area contributed by atoms with Gasteiger partial charge in [0.1, 0.15) is 0 Å². The van der Waals surface area contributed by atoms with Crippen molar-refractivity contribution in [3.05, 3.63) is 57.2 Å². The van der Waals surface area contributed by atoms with Gasteiger partial charge in [0, 0.05) is 16.5 Å². The molecule has 1 unspecified atom stereocenters. The Labute approximate surface area is 133 Å². The lowest BCUT2D eigenvalue weighted by Gasteiger charge is -2.17. The molecule has 1 aromatic carbocycles. The maximum absolute atomic E-state index is 12.3. The van der Waals surface area contributed by atoms with Crippen molar-refractivity contribution in [2.45, 2.75) is 18.2 Å². The predicted octanol–water partition coefficient (Wildman–Crippen LogP) is 2.94. The number of aliphatic hydroxyl groups excluding tert-OH is 1. The van der Waals surface area contributed by atoms with Gasteiger partial charge in [0.25, 0.3) is 0 Å². The van der Waals surface area contributed by atoms with Gasteiger partial charge in [-0.1, -0.05) is 35.9 Å². The third kappa shape index (κ3) is 4.79. The Kier molecular flexibility index (Phi) is 5.78. The molecule has 1 aromatic heterocycles. The molecule has 4 nitrogen and oxygen atoms in total. The molecule has 0 saturated carbocycles. The number of hydrogen-bond donors (Lipinski definition) is 2. The van der Waals surface area contributed by atoms with Crippen molar-refractivity contribution in [3.63, 3.8) is 0 Å². The van der Waals surface area contributed by atoms with Crippen LogP contribution in [0, 0.1) is 0 Å². The van der Waals surface area contributed by atoms with Gasteiger partial charge in [-0.25, -0.2) is 13.1 Å². The SMILES string of the molecule is O=S(=O)(Cc1ccccc1Cl)NC(CCO)c1cccs1. The van der Waals surface area contributed by atoms with E-state index in [1.807, 2.05) is 17.5 Å². The van der Waals surface area contributed by atoms with Crippen molar-refractivity contribution in [2.24, 2.45) is 0 Å². The highest BCUT2D eigenvalue weighted by atomic mass is 35.5. The van der Waals surface area contributed by atoms with E-state index in [1.54, 1.807) is 24.3 Å². The first kappa shape index (κ1) is 16.5. The molecule has 0 spiro atoms. The Hall–Kier alpha value is -0.920. The normalized spacial score (nSPS) is 13.2. The van der Waals surface area contributed by atoms with Gasteiger partial charge < -0.3 is 5.11 Å². The molecule has 0 saturated heterocycles. The second-order valence-corrected chi connectivity index (χ2v) is 7.69. The van der Waals surface area contributed by atoms with E-state index in [4.69, 9.17) is 16.7 Å². The van der Waals surface area contributed by atoms with Crippen molar-refractivity contribution in [3.8, 4) is 0 Å². The molecular weight excluding hydrogens is 330 g/mol. The van der Waals surface area contributed by atoms with Crippen LogP contribution in [0.4, 0.5) is 0 Å². The van der Waals surface area contributed by atoms with E-state index in [9.17, 15) is 8.42 Å². The molecule has 21 heavy (non-hydrogen) atoms. The van der Waals surface area contributed by atoms with Crippen molar-refractivity contribution in [2.75, 3.05) is 6.61 Å². The van der Waals surface area contributed by atoms with Crippen LogP contribution in [0.15, 0.2) is 41.8 Å². The molecular formula is C14H16ClNO3S2. The lowest BCUT2D eigenvalue weighted by molar-refractivity contribution is 0.273. The third-order valence-corrected chi connectivity index (χ3v) is 5.62. The average Bonchev–Trinajstić information content (AvgIpc) is 2.94. The summed E-state index contributed by atoms with van der Waals surface area (Å²) in [7, 11) is -3.54. The van der Waals surface area contributed by atoms with Gasteiger partial charge in [-0.3, -0.25) is 0 Å². The molecule has 0 bridgehead atoms. The van der Waals surface area contributed by atoms with Crippen molar-refractivity contribution < 1.29 is 13.5 Å². The van der Waals surface area contributed by atoms with Gasteiger partial charge in [-0.05, 0) is 29.5 Å². The minimum Gasteiger partial charge on any atom is -0.396 e. The van der Waals surface area contributed by atoms with E-state index in [2.05, 4.69) is 4.72 Å². The van der Waals surface area contributed by atoms with Crippen LogP contribution in [-0.2, 0) is 15.8 Å². The third-order valence-electron chi connectivity index (χ3n) is 2.93. The zero-order chi connectivity index (χ0) is 15.3. The van der Waals surface area contributed by atoms with Gasteiger partial charge in [-0.15, -0.1) is 11.3 Å². The number of aliphatic hydroxyl groups is 1.